The van der Waals surface area contributed by atoms with E-state index in [1.54, 1.807) is 0 Å². The molecule has 0 aromatic rings. The van der Waals surface area contributed by atoms with Gasteiger partial charge in [-0.15, -0.1) is 0 Å². The molecule has 0 aromatic heterocycles. The van der Waals surface area contributed by atoms with Crippen LogP contribution in [0, 0.1) is 34.5 Å². The number of fused-ring (bicyclic) bond motifs is 6. The van der Waals surface area contributed by atoms with Gasteiger partial charge in [-0.05, 0) is 86.0 Å². The largest absolute Gasteiger partial charge is 0.347 e. The molecule has 1 spiro atoms. The van der Waals surface area contributed by atoms with Gasteiger partial charge in [0.05, 0.1) is 13.2 Å². The van der Waals surface area contributed by atoms with E-state index in [2.05, 4.69) is 23.9 Å². The SMILES string of the molecule is C[C@]12CC[C@H](N=[N+]=[N-])CC1CC[C@@H]1[C@@H]2CC[C@@]2(C)[C@H]1CCC21OCCO1. The Morgan fingerprint density at radius 1 is 0.923 bits per heavy atom. The van der Waals surface area contributed by atoms with Gasteiger partial charge in [0.2, 0.25) is 0 Å². The van der Waals surface area contributed by atoms with Gasteiger partial charge in [-0.2, -0.15) is 0 Å². The lowest BCUT2D eigenvalue weighted by Gasteiger charge is -2.61. The third kappa shape index (κ3) is 2.14. The van der Waals surface area contributed by atoms with Crippen molar-refractivity contribution in [3.05, 3.63) is 10.4 Å². The Bertz CT molecular complexity index is 627. The minimum absolute atomic E-state index is 0.205. The van der Waals surface area contributed by atoms with E-state index in [9.17, 15) is 0 Å². The summed E-state index contributed by atoms with van der Waals surface area (Å²) in [5.74, 6) is 2.89. The van der Waals surface area contributed by atoms with Crippen molar-refractivity contribution in [3.8, 4) is 0 Å². The van der Waals surface area contributed by atoms with Crippen molar-refractivity contribution in [2.75, 3.05) is 13.2 Å². The van der Waals surface area contributed by atoms with Crippen LogP contribution in [0.15, 0.2) is 5.11 Å². The molecular weight excluding hydrogens is 326 g/mol. The fourth-order valence-electron chi connectivity index (χ4n) is 8.30. The zero-order valence-corrected chi connectivity index (χ0v) is 16.3. The predicted molar refractivity (Wildman–Crippen MR) is 99.3 cm³/mol. The molecule has 1 saturated heterocycles. The van der Waals surface area contributed by atoms with Gasteiger partial charge in [-0.3, -0.25) is 0 Å². The van der Waals surface area contributed by atoms with Crippen LogP contribution in [-0.2, 0) is 9.47 Å². The molecule has 4 aliphatic carbocycles. The van der Waals surface area contributed by atoms with Crippen LogP contribution in [0.5, 0.6) is 0 Å². The Hall–Kier alpha value is -0.770. The van der Waals surface area contributed by atoms with Gasteiger partial charge in [0.1, 0.15) is 0 Å². The first kappa shape index (κ1) is 17.3. The summed E-state index contributed by atoms with van der Waals surface area (Å²) in [7, 11) is 0. The first-order chi connectivity index (χ1) is 12.5. The van der Waals surface area contributed by atoms with Crippen LogP contribution in [0.3, 0.4) is 0 Å². The molecule has 0 N–H and O–H groups in total. The highest BCUT2D eigenvalue weighted by atomic mass is 16.7. The molecule has 26 heavy (non-hydrogen) atoms. The highest BCUT2D eigenvalue weighted by Crippen LogP contribution is 2.69. The smallest absolute Gasteiger partial charge is 0.174 e. The average Bonchev–Trinajstić information content (AvgIpc) is 3.22. The second-order valence-corrected chi connectivity index (χ2v) is 10.2. The highest BCUT2D eigenvalue weighted by Gasteiger charge is 2.67. The standard InChI is InChI=1S/C21H33N3O2/c1-19-8-5-15(23-24-22)13-14(19)3-4-16-17(19)6-9-20(2)18(16)7-10-21(20)25-11-12-26-21/h14-18H,3-13H2,1-2H3/t14?,15-,16+,17-,18-,19-,20-/m0/s1. The molecule has 0 amide bonds. The molecular formula is C21H33N3O2. The minimum Gasteiger partial charge on any atom is -0.347 e. The summed E-state index contributed by atoms with van der Waals surface area (Å²) < 4.78 is 12.5. The highest BCUT2D eigenvalue weighted by molar-refractivity contribution is 5.13. The van der Waals surface area contributed by atoms with Crippen LogP contribution in [0.4, 0.5) is 0 Å². The summed E-state index contributed by atoms with van der Waals surface area (Å²) in [5, 5.41) is 4.07. The molecule has 1 unspecified atom stereocenters. The van der Waals surface area contributed by atoms with Crippen LogP contribution in [0.1, 0.15) is 71.6 Å². The lowest BCUT2D eigenvalue weighted by atomic mass is 9.45. The predicted octanol–water partition coefficient (Wildman–Crippen LogP) is 5.45. The summed E-state index contributed by atoms with van der Waals surface area (Å²) in [6.45, 7) is 6.59. The minimum atomic E-state index is -0.278. The third-order valence-corrected chi connectivity index (χ3v) is 9.65. The van der Waals surface area contributed by atoms with Crippen molar-refractivity contribution < 1.29 is 9.47 Å². The van der Waals surface area contributed by atoms with Crippen LogP contribution < -0.4 is 0 Å². The first-order valence-electron chi connectivity index (χ1n) is 10.8. The van der Waals surface area contributed by atoms with Crippen LogP contribution in [-0.4, -0.2) is 25.0 Å². The zero-order valence-electron chi connectivity index (χ0n) is 16.3. The molecule has 5 rings (SSSR count). The first-order valence-corrected chi connectivity index (χ1v) is 10.8. The van der Waals surface area contributed by atoms with E-state index in [-0.39, 0.29) is 17.2 Å². The lowest BCUT2D eigenvalue weighted by Crippen LogP contribution is -2.57. The molecule has 5 fully saturated rings. The van der Waals surface area contributed by atoms with E-state index in [0.717, 1.165) is 56.1 Å². The van der Waals surface area contributed by atoms with Gasteiger partial charge >= 0.3 is 0 Å². The van der Waals surface area contributed by atoms with E-state index >= 15 is 0 Å². The van der Waals surface area contributed by atoms with Gasteiger partial charge in [-0.25, -0.2) is 0 Å². The molecule has 1 aliphatic heterocycles. The second kappa shape index (κ2) is 5.86. The number of ether oxygens (including phenoxy) is 2. The van der Waals surface area contributed by atoms with Crippen LogP contribution >= 0.6 is 0 Å². The van der Waals surface area contributed by atoms with Crippen molar-refractivity contribution in [1.82, 2.24) is 0 Å². The van der Waals surface area contributed by atoms with E-state index in [0.29, 0.717) is 5.41 Å². The maximum absolute atomic E-state index is 8.83. The van der Waals surface area contributed by atoms with Crippen LogP contribution in [0.2, 0.25) is 0 Å². The molecule has 5 aliphatic rings. The number of rotatable bonds is 1. The molecule has 5 heteroatoms. The molecule has 4 saturated carbocycles. The van der Waals surface area contributed by atoms with Gasteiger partial charge < -0.3 is 9.47 Å². The maximum Gasteiger partial charge on any atom is 0.174 e. The van der Waals surface area contributed by atoms with E-state index in [4.69, 9.17) is 15.0 Å². The number of azide groups is 1. The summed E-state index contributed by atoms with van der Waals surface area (Å²) >= 11 is 0. The number of nitrogens with zero attached hydrogens (tertiary/aromatic N) is 3. The zero-order chi connectivity index (χ0) is 18.0. The van der Waals surface area contributed by atoms with Crippen molar-refractivity contribution in [2.45, 2.75) is 83.5 Å². The number of hydrogen-bond acceptors (Lipinski definition) is 3. The second-order valence-electron chi connectivity index (χ2n) is 10.2. The Balaban J connectivity index is 1.41. The van der Waals surface area contributed by atoms with Crippen molar-refractivity contribution in [3.63, 3.8) is 0 Å². The Labute approximate surface area is 156 Å². The van der Waals surface area contributed by atoms with Gasteiger partial charge in [-0.1, -0.05) is 19.0 Å². The van der Waals surface area contributed by atoms with Crippen LogP contribution in [0.25, 0.3) is 10.4 Å². The van der Waals surface area contributed by atoms with Crippen molar-refractivity contribution in [2.24, 2.45) is 39.6 Å². The summed E-state index contributed by atoms with van der Waals surface area (Å²) in [4.78, 5) is 3.09. The third-order valence-electron chi connectivity index (χ3n) is 9.65. The van der Waals surface area contributed by atoms with E-state index in [1.165, 1.54) is 38.5 Å². The molecule has 0 bridgehead atoms. The van der Waals surface area contributed by atoms with E-state index in [1.807, 2.05) is 0 Å². The monoisotopic (exact) mass is 359 g/mol. The Morgan fingerprint density at radius 3 is 2.46 bits per heavy atom. The molecule has 1 heterocycles. The van der Waals surface area contributed by atoms with Crippen molar-refractivity contribution in [1.29, 1.82) is 0 Å². The van der Waals surface area contributed by atoms with Gasteiger partial charge in [0.25, 0.3) is 0 Å². The summed E-state index contributed by atoms with van der Waals surface area (Å²) in [5.41, 5.74) is 9.48. The average molecular weight is 360 g/mol. The fourth-order valence-corrected chi connectivity index (χ4v) is 8.30. The summed E-state index contributed by atoms with van der Waals surface area (Å²) in [6.07, 6.45) is 11.0. The number of hydrogen-bond donors (Lipinski definition) is 0. The molecule has 5 nitrogen and oxygen atoms in total. The molecule has 7 atom stereocenters. The maximum atomic E-state index is 8.83. The quantitative estimate of drug-likeness (QED) is 0.355. The lowest BCUT2D eigenvalue weighted by molar-refractivity contribution is -0.247. The molecule has 0 aromatic carbocycles. The van der Waals surface area contributed by atoms with Gasteiger partial charge in [0.15, 0.2) is 5.79 Å². The van der Waals surface area contributed by atoms with Gasteiger partial charge in [0, 0.05) is 22.8 Å². The summed E-state index contributed by atoms with van der Waals surface area (Å²) in [6, 6.07) is 0.235. The Morgan fingerprint density at radius 2 is 1.69 bits per heavy atom. The van der Waals surface area contributed by atoms with E-state index < -0.39 is 0 Å². The molecule has 144 valence electrons. The Kier molecular flexibility index (Phi) is 3.91. The molecule has 0 radical (unpaired) electrons. The normalized spacial score (nSPS) is 52.0. The van der Waals surface area contributed by atoms with Crippen molar-refractivity contribution >= 4 is 0 Å². The topological polar surface area (TPSA) is 67.2 Å². The fraction of sp³-hybridized carbons (Fsp3) is 1.00.